The Labute approximate surface area is 155 Å². The van der Waals surface area contributed by atoms with E-state index in [2.05, 4.69) is 28.1 Å². The standard InChI is InChI=1S/C21H27N3O2/c1-15(12-13-17-8-5-4-6-9-17)23-20(25)16(2)24-19-11-7-10-18(14-19)21(26)22-3/h4-11,14-16,24H,12-13H2,1-3H3,(H,22,26)(H,23,25)/t15-,16+/m1/s1. The van der Waals surface area contributed by atoms with Gasteiger partial charge in [0.05, 0.1) is 0 Å². The van der Waals surface area contributed by atoms with E-state index in [1.807, 2.05) is 38.1 Å². The van der Waals surface area contributed by atoms with Crippen LogP contribution in [0.25, 0.3) is 0 Å². The van der Waals surface area contributed by atoms with E-state index in [1.54, 1.807) is 25.2 Å². The van der Waals surface area contributed by atoms with Crippen LogP contribution in [0.15, 0.2) is 54.6 Å². The molecule has 2 amide bonds. The fourth-order valence-corrected chi connectivity index (χ4v) is 2.68. The van der Waals surface area contributed by atoms with Crippen LogP contribution < -0.4 is 16.0 Å². The number of amides is 2. The maximum Gasteiger partial charge on any atom is 0.251 e. The van der Waals surface area contributed by atoms with Crippen LogP contribution in [0.1, 0.15) is 36.2 Å². The number of hydrogen-bond donors (Lipinski definition) is 3. The molecule has 0 fully saturated rings. The second-order valence-corrected chi connectivity index (χ2v) is 6.46. The van der Waals surface area contributed by atoms with E-state index in [4.69, 9.17) is 0 Å². The van der Waals surface area contributed by atoms with E-state index < -0.39 is 6.04 Å². The van der Waals surface area contributed by atoms with Crippen LogP contribution in [0.5, 0.6) is 0 Å². The second-order valence-electron chi connectivity index (χ2n) is 6.46. The third-order valence-corrected chi connectivity index (χ3v) is 4.23. The second kappa shape index (κ2) is 9.61. The molecule has 0 unspecified atom stereocenters. The first-order chi connectivity index (χ1) is 12.5. The van der Waals surface area contributed by atoms with Crippen LogP contribution in [0.2, 0.25) is 0 Å². The largest absolute Gasteiger partial charge is 0.374 e. The monoisotopic (exact) mass is 353 g/mol. The molecule has 3 N–H and O–H groups in total. The zero-order valence-corrected chi connectivity index (χ0v) is 15.6. The molecule has 0 heterocycles. The van der Waals surface area contributed by atoms with Crippen molar-refractivity contribution >= 4 is 17.5 Å². The molecule has 2 rings (SSSR count). The summed E-state index contributed by atoms with van der Waals surface area (Å²) in [7, 11) is 1.59. The molecule has 0 aromatic heterocycles. The molecule has 0 spiro atoms. The summed E-state index contributed by atoms with van der Waals surface area (Å²) in [6.07, 6.45) is 1.81. The smallest absolute Gasteiger partial charge is 0.251 e. The quantitative estimate of drug-likeness (QED) is 0.683. The molecule has 0 saturated carbocycles. The van der Waals surface area contributed by atoms with Crippen molar-refractivity contribution in [2.24, 2.45) is 0 Å². The third-order valence-electron chi connectivity index (χ3n) is 4.23. The number of benzene rings is 2. The molecule has 138 valence electrons. The number of nitrogens with one attached hydrogen (secondary N) is 3. The van der Waals surface area contributed by atoms with Gasteiger partial charge >= 0.3 is 0 Å². The van der Waals surface area contributed by atoms with E-state index in [1.165, 1.54) is 5.56 Å². The van der Waals surface area contributed by atoms with Crippen LogP contribution in [-0.4, -0.2) is 30.9 Å². The third kappa shape index (κ3) is 5.92. The van der Waals surface area contributed by atoms with Gasteiger partial charge in [0.1, 0.15) is 6.04 Å². The Bertz CT molecular complexity index is 731. The van der Waals surface area contributed by atoms with Crippen molar-refractivity contribution in [3.63, 3.8) is 0 Å². The van der Waals surface area contributed by atoms with Gasteiger partial charge in [-0.25, -0.2) is 0 Å². The molecule has 0 aliphatic heterocycles. The van der Waals surface area contributed by atoms with Crippen molar-refractivity contribution in [3.05, 3.63) is 65.7 Å². The summed E-state index contributed by atoms with van der Waals surface area (Å²) >= 11 is 0. The van der Waals surface area contributed by atoms with E-state index in [0.717, 1.165) is 18.5 Å². The van der Waals surface area contributed by atoms with Gasteiger partial charge < -0.3 is 16.0 Å². The van der Waals surface area contributed by atoms with Gasteiger partial charge in [-0.1, -0.05) is 36.4 Å². The lowest BCUT2D eigenvalue weighted by atomic mass is 10.1. The molecule has 0 bridgehead atoms. The molecule has 5 heteroatoms. The highest BCUT2D eigenvalue weighted by Gasteiger charge is 2.15. The lowest BCUT2D eigenvalue weighted by Gasteiger charge is -2.19. The Morgan fingerprint density at radius 3 is 2.42 bits per heavy atom. The molecule has 2 aromatic rings. The first-order valence-electron chi connectivity index (χ1n) is 8.92. The SMILES string of the molecule is CNC(=O)c1cccc(N[C@@H](C)C(=O)N[C@H](C)CCc2ccccc2)c1. The molecule has 0 aliphatic rings. The van der Waals surface area contributed by atoms with Crippen LogP contribution in [0, 0.1) is 0 Å². The molecule has 0 aliphatic carbocycles. The zero-order valence-electron chi connectivity index (χ0n) is 15.6. The molecule has 0 radical (unpaired) electrons. The minimum atomic E-state index is -0.394. The predicted molar refractivity (Wildman–Crippen MR) is 105 cm³/mol. The lowest BCUT2D eigenvalue weighted by Crippen LogP contribution is -2.42. The maximum absolute atomic E-state index is 12.4. The van der Waals surface area contributed by atoms with Gasteiger partial charge in [-0.05, 0) is 50.5 Å². The summed E-state index contributed by atoms with van der Waals surface area (Å²) in [6, 6.07) is 17.0. The Kier molecular flexibility index (Phi) is 7.21. The summed E-state index contributed by atoms with van der Waals surface area (Å²) in [5.74, 6) is -0.212. The van der Waals surface area contributed by atoms with Crippen LogP contribution in [0.3, 0.4) is 0 Å². The number of carbonyl (C=O) groups is 2. The van der Waals surface area contributed by atoms with Gasteiger partial charge in [-0.3, -0.25) is 9.59 Å². The molecule has 5 nitrogen and oxygen atoms in total. The van der Waals surface area contributed by atoms with Crippen molar-refractivity contribution in [2.75, 3.05) is 12.4 Å². The molecule has 26 heavy (non-hydrogen) atoms. The Morgan fingerprint density at radius 2 is 1.73 bits per heavy atom. The minimum Gasteiger partial charge on any atom is -0.374 e. The zero-order chi connectivity index (χ0) is 18.9. The molecule has 0 saturated heterocycles. The van der Waals surface area contributed by atoms with Gasteiger partial charge in [0.15, 0.2) is 0 Å². The molecular weight excluding hydrogens is 326 g/mol. The fourth-order valence-electron chi connectivity index (χ4n) is 2.68. The number of hydrogen-bond acceptors (Lipinski definition) is 3. The summed E-state index contributed by atoms with van der Waals surface area (Å²) in [5, 5.41) is 8.78. The normalized spacial score (nSPS) is 12.7. The van der Waals surface area contributed by atoms with E-state index in [0.29, 0.717) is 5.56 Å². The molecular formula is C21H27N3O2. The van der Waals surface area contributed by atoms with Gasteiger partial charge in [-0.15, -0.1) is 0 Å². The van der Waals surface area contributed by atoms with Crippen LogP contribution >= 0.6 is 0 Å². The molecule has 2 aromatic carbocycles. The van der Waals surface area contributed by atoms with Gasteiger partial charge in [0.2, 0.25) is 5.91 Å². The summed E-state index contributed by atoms with van der Waals surface area (Å²) in [5.41, 5.74) is 2.57. The summed E-state index contributed by atoms with van der Waals surface area (Å²) in [4.78, 5) is 24.1. The maximum atomic E-state index is 12.4. The number of rotatable bonds is 8. The van der Waals surface area contributed by atoms with Crippen molar-refractivity contribution in [1.82, 2.24) is 10.6 Å². The highest BCUT2D eigenvalue weighted by atomic mass is 16.2. The topological polar surface area (TPSA) is 70.2 Å². The fraction of sp³-hybridized carbons (Fsp3) is 0.333. The molecule has 2 atom stereocenters. The highest BCUT2D eigenvalue weighted by molar-refractivity contribution is 5.95. The van der Waals surface area contributed by atoms with Crippen LogP contribution in [0.4, 0.5) is 5.69 Å². The van der Waals surface area contributed by atoms with Crippen molar-refractivity contribution < 1.29 is 9.59 Å². The van der Waals surface area contributed by atoms with Crippen molar-refractivity contribution in [2.45, 2.75) is 38.8 Å². The van der Waals surface area contributed by atoms with E-state index >= 15 is 0 Å². The van der Waals surface area contributed by atoms with E-state index in [-0.39, 0.29) is 17.9 Å². The Morgan fingerprint density at radius 1 is 1.00 bits per heavy atom. The predicted octanol–water partition coefficient (Wildman–Crippen LogP) is 2.98. The first kappa shape index (κ1) is 19.5. The van der Waals surface area contributed by atoms with Gasteiger partial charge in [-0.2, -0.15) is 0 Å². The highest BCUT2D eigenvalue weighted by Crippen LogP contribution is 2.12. The summed E-state index contributed by atoms with van der Waals surface area (Å²) < 4.78 is 0. The summed E-state index contributed by atoms with van der Waals surface area (Å²) in [6.45, 7) is 3.82. The first-order valence-corrected chi connectivity index (χ1v) is 8.92. The van der Waals surface area contributed by atoms with E-state index in [9.17, 15) is 9.59 Å². The number of carbonyl (C=O) groups excluding carboxylic acids is 2. The average molecular weight is 353 g/mol. The van der Waals surface area contributed by atoms with Gasteiger partial charge in [0.25, 0.3) is 5.91 Å². The Balaban J connectivity index is 1.84. The van der Waals surface area contributed by atoms with Crippen molar-refractivity contribution in [1.29, 1.82) is 0 Å². The number of anilines is 1. The Hall–Kier alpha value is -2.82. The van der Waals surface area contributed by atoms with Gasteiger partial charge in [0, 0.05) is 24.3 Å². The average Bonchev–Trinajstić information content (AvgIpc) is 2.66. The van der Waals surface area contributed by atoms with Crippen molar-refractivity contribution in [3.8, 4) is 0 Å². The lowest BCUT2D eigenvalue weighted by molar-refractivity contribution is -0.122. The number of aryl methyl sites for hydroxylation is 1. The van der Waals surface area contributed by atoms with Crippen LogP contribution in [-0.2, 0) is 11.2 Å². The minimum absolute atomic E-state index is 0.0593.